The number of rotatable bonds is 5. The number of nitrogens with zero attached hydrogens (tertiary/aromatic N) is 1. The molecule has 1 aromatic carbocycles. The molecule has 1 heterocycles. The predicted molar refractivity (Wildman–Crippen MR) is 102 cm³/mol. The van der Waals surface area contributed by atoms with Gasteiger partial charge < -0.3 is 10.6 Å². The monoisotopic (exact) mass is 351 g/mol. The molecule has 0 bridgehead atoms. The topological polar surface area (TPSA) is 71.1 Å². The van der Waals surface area contributed by atoms with Crippen LogP contribution in [0.4, 0.5) is 5.69 Å². The number of amides is 2. The Labute approximate surface area is 154 Å². The lowest BCUT2D eigenvalue weighted by atomic mass is 9.87. The van der Waals surface area contributed by atoms with Gasteiger partial charge in [0.05, 0.1) is 17.7 Å². The van der Waals surface area contributed by atoms with Crippen molar-refractivity contribution in [2.45, 2.75) is 45.1 Å². The second-order valence-electron chi connectivity index (χ2n) is 7.06. The Morgan fingerprint density at radius 1 is 1.04 bits per heavy atom. The SMILES string of the molecule is CC1CCC(NC(=O)c2ccccc2NC(=O)Cc2ccncc2)CC1. The summed E-state index contributed by atoms with van der Waals surface area (Å²) in [4.78, 5) is 29.0. The Hall–Kier alpha value is -2.69. The summed E-state index contributed by atoms with van der Waals surface area (Å²) in [6, 6.07) is 11.0. The van der Waals surface area contributed by atoms with Crippen LogP contribution in [0.15, 0.2) is 48.8 Å². The fourth-order valence-corrected chi connectivity index (χ4v) is 3.34. The molecule has 0 unspecified atom stereocenters. The maximum absolute atomic E-state index is 12.7. The highest BCUT2D eigenvalue weighted by atomic mass is 16.2. The van der Waals surface area contributed by atoms with Gasteiger partial charge in [0.15, 0.2) is 0 Å². The first-order chi connectivity index (χ1) is 12.6. The number of aromatic nitrogens is 1. The van der Waals surface area contributed by atoms with Gasteiger partial charge in [-0.25, -0.2) is 0 Å². The van der Waals surface area contributed by atoms with Crippen LogP contribution in [-0.2, 0) is 11.2 Å². The first kappa shape index (κ1) is 18.1. The number of hydrogen-bond donors (Lipinski definition) is 2. The minimum atomic E-state index is -0.150. The van der Waals surface area contributed by atoms with Gasteiger partial charge in [-0.05, 0) is 61.4 Å². The number of nitrogens with one attached hydrogen (secondary N) is 2. The molecule has 0 saturated heterocycles. The van der Waals surface area contributed by atoms with Crippen LogP contribution in [0, 0.1) is 5.92 Å². The van der Waals surface area contributed by atoms with Gasteiger partial charge in [-0.1, -0.05) is 19.1 Å². The van der Waals surface area contributed by atoms with E-state index in [-0.39, 0.29) is 24.3 Å². The van der Waals surface area contributed by atoms with E-state index < -0.39 is 0 Å². The van der Waals surface area contributed by atoms with E-state index in [1.807, 2.05) is 24.3 Å². The van der Waals surface area contributed by atoms with Crippen molar-refractivity contribution >= 4 is 17.5 Å². The van der Waals surface area contributed by atoms with Crippen LogP contribution >= 0.6 is 0 Å². The van der Waals surface area contributed by atoms with Crippen LogP contribution in [0.3, 0.4) is 0 Å². The zero-order chi connectivity index (χ0) is 18.4. The van der Waals surface area contributed by atoms with Crippen molar-refractivity contribution in [1.29, 1.82) is 0 Å². The van der Waals surface area contributed by atoms with E-state index in [9.17, 15) is 9.59 Å². The van der Waals surface area contributed by atoms with Gasteiger partial charge >= 0.3 is 0 Å². The summed E-state index contributed by atoms with van der Waals surface area (Å²) >= 11 is 0. The molecular formula is C21H25N3O2. The zero-order valence-corrected chi connectivity index (χ0v) is 15.1. The number of carbonyl (C=O) groups is 2. The lowest BCUT2D eigenvalue weighted by Gasteiger charge is -2.27. The van der Waals surface area contributed by atoms with Crippen molar-refractivity contribution in [1.82, 2.24) is 10.3 Å². The summed E-state index contributed by atoms with van der Waals surface area (Å²) in [6.45, 7) is 2.26. The molecule has 2 aromatic rings. The van der Waals surface area contributed by atoms with Gasteiger partial charge in [0.1, 0.15) is 0 Å². The molecular weight excluding hydrogens is 326 g/mol. The lowest BCUT2D eigenvalue weighted by molar-refractivity contribution is -0.115. The van der Waals surface area contributed by atoms with Crippen LogP contribution in [0.2, 0.25) is 0 Å². The second kappa shape index (κ2) is 8.61. The average molecular weight is 351 g/mol. The van der Waals surface area contributed by atoms with Crippen LogP contribution in [-0.4, -0.2) is 22.8 Å². The van der Waals surface area contributed by atoms with Crippen LogP contribution in [0.25, 0.3) is 0 Å². The third-order valence-corrected chi connectivity index (χ3v) is 4.91. The summed E-state index contributed by atoms with van der Waals surface area (Å²) in [5.41, 5.74) is 1.94. The van der Waals surface area contributed by atoms with Crippen molar-refractivity contribution < 1.29 is 9.59 Å². The van der Waals surface area contributed by atoms with E-state index >= 15 is 0 Å². The molecule has 1 saturated carbocycles. The molecule has 1 aliphatic rings. The number of pyridine rings is 1. The van der Waals surface area contributed by atoms with Gasteiger partial charge in [-0.15, -0.1) is 0 Å². The Balaban J connectivity index is 1.63. The molecule has 0 aliphatic heterocycles. The number of hydrogen-bond acceptors (Lipinski definition) is 3. The number of carbonyl (C=O) groups excluding carboxylic acids is 2. The summed E-state index contributed by atoms with van der Waals surface area (Å²) in [7, 11) is 0. The van der Waals surface area contributed by atoms with Crippen molar-refractivity contribution in [2.24, 2.45) is 5.92 Å². The van der Waals surface area contributed by atoms with E-state index in [0.29, 0.717) is 11.3 Å². The Bertz CT molecular complexity index is 753. The smallest absolute Gasteiger partial charge is 0.253 e. The Kier molecular flexibility index (Phi) is 6.00. The van der Waals surface area contributed by atoms with Crippen molar-refractivity contribution in [2.75, 3.05) is 5.32 Å². The van der Waals surface area contributed by atoms with E-state index in [2.05, 4.69) is 22.5 Å². The van der Waals surface area contributed by atoms with Gasteiger partial charge in [0.2, 0.25) is 5.91 Å². The molecule has 1 aromatic heterocycles. The van der Waals surface area contributed by atoms with Gasteiger partial charge in [0, 0.05) is 18.4 Å². The highest BCUT2D eigenvalue weighted by molar-refractivity contribution is 6.04. The molecule has 1 fully saturated rings. The van der Waals surface area contributed by atoms with Crippen LogP contribution in [0.1, 0.15) is 48.5 Å². The molecule has 136 valence electrons. The molecule has 1 aliphatic carbocycles. The molecule has 0 atom stereocenters. The Morgan fingerprint density at radius 2 is 1.73 bits per heavy atom. The second-order valence-corrected chi connectivity index (χ2v) is 7.06. The Morgan fingerprint density at radius 3 is 2.46 bits per heavy atom. The number of para-hydroxylation sites is 1. The van der Waals surface area contributed by atoms with E-state index in [4.69, 9.17) is 0 Å². The lowest BCUT2D eigenvalue weighted by Crippen LogP contribution is -2.37. The fourth-order valence-electron chi connectivity index (χ4n) is 3.34. The molecule has 3 rings (SSSR count). The van der Waals surface area contributed by atoms with Crippen molar-refractivity contribution in [3.63, 3.8) is 0 Å². The summed E-state index contributed by atoms with van der Waals surface area (Å²) in [5.74, 6) is 0.468. The van der Waals surface area contributed by atoms with Crippen molar-refractivity contribution in [3.8, 4) is 0 Å². The quantitative estimate of drug-likeness (QED) is 0.865. The summed E-state index contributed by atoms with van der Waals surface area (Å²) < 4.78 is 0. The standard InChI is InChI=1S/C21H25N3O2/c1-15-6-8-17(9-7-15)23-21(26)18-4-2-3-5-19(18)24-20(25)14-16-10-12-22-13-11-16/h2-5,10-13,15,17H,6-9,14H2,1H3,(H,23,26)(H,24,25). The molecule has 2 N–H and O–H groups in total. The highest BCUT2D eigenvalue weighted by Crippen LogP contribution is 2.24. The summed E-state index contributed by atoms with van der Waals surface area (Å²) in [6.07, 6.45) is 7.90. The van der Waals surface area contributed by atoms with E-state index in [1.165, 1.54) is 0 Å². The van der Waals surface area contributed by atoms with E-state index in [0.717, 1.165) is 37.2 Å². The molecule has 5 nitrogen and oxygen atoms in total. The molecule has 26 heavy (non-hydrogen) atoms. The number of benzene rings is 1. The molecule has 0 spiro atoms. The van der Waals surface area contributed by atoms with Crippen LogP contribution in [0.5, 0.6) is 0 Å². The first-order valence-electron chi connectivity index (χ1n) is 9.20. The minimum Gasteiger partial charge on any atom is -0.349 e. The normalized spacial score (nSPS) is 19.6. The third kappa shape index (κ3) is 4.91. The molecule has 5 heteroatoms. The predicted octanol–water partition coefficient (Wildman–Crippen LogP) is 3.57. The van der Waals surface area contributed by atoms with Gasteiger partial charge in [0.25, 0.3) is 5.91 Å². The maximum Gasteiger partial charge on any atom is 0.253 e. The largest absolute Gasteiger partial charge is 0.349 e. The zero-order valence-electron chi connectivity index (χ0n) is 15.1. The first-order valence-corrected chi connectivity index (χ1v) is 9.20. The van der Waals surface area contributed by atoms with E-state index in [1.54, 1.807) is 24.5 Å². The van der Waals surface area contributed by atoms with Crippen LogP contribution < -0.4 is 10.6 Å². The average Bonchev–Trinajstić information content (AvgIpc) is 2.65. The maximum atomic E-state index is 12.7. The van der Waals surface area contributed by atoms with Gasteiger partial charge in [-0.2, -0.15) is 0 Å². The molecule has 2 amide bonds. The molecule has 0 radical (unpaired) electrons. The third-order valence-electron chi connectivity index (χ3n) is 4.91. The van der Waals surface area contributed by atoms with Gasteiger partial charge in [-0.3, -0.25) is 14.6 Å². The summed E-state index contributed by atoms with van der Waals surface area (Å²) in [5, 5.41) is 5.98. The number of anilines is 1. The minimum absolute atomic E-state index is 0.121. The fraction of sp³-hybridized carbons (Fsp3) is 0.381. The van der Waals surface area contributed by atoms with Crippen molar-refractivity contribution in [3.05, 3.63) is 59.9 Å². The highest BCUT2D eigenvalue weighted by Gasteiger charge is 2.21.